The molecule has 27 heavy (non-hydrogen) atoms. The van der Waals surface area contributed by atoms with Gasteiger partial charge in [-0.3, -0.25) is 0 Å². The number of hydrogen-bond acceptors (Lipinski definition) is 3. The van der Waals surface area contributed by atoms with Crippen molar-refractivity contribution in [2.24, 2.45) is 0 Å². The van der Waals surface area contributed by atoms with Gasteiger partial charge in [-0.1, -0.05) is 0 Å². The van der Waals surface area contributed by atoms with E-state index in [0.29, 0.717) is 29.2 Å². The second-order valence-corrected chi connectivity index (χ2v) is 5.62. The van der Waals surface area contributed by atoms with Crippen molar-refractivity contribution >= 4 is 11.7 Å². The summed E-state index contributed by atoms with van der Waals surface area (Å²) in [5, 5.41) is 4.84. The topological polar surface area (TPSA) is 59.6 Å². The molecule has 0 aliphatic heterocycles. The van der Waals surface area contributed by atoms with Gasteiger partial charge in [0.05, 0.1) is 25.8 Å². The number of nitrogens with one attached hydrogen (secondary N) is 2. The van der Waals surface area contributed by atoms with Crippen LogP contribution in [0.3, 0.4) is 0 Å². The quantitative estimate of drug-likeness (QED) is 0.730. The summed E-state index contributed by atoms with van der Waals surface area (Å²) < 4.78 is 62.0. The summed E-state index contributed by atoms with van der Waals surface area (Å²) in [6.07, 6.45) is -4.86. The number of urea groups is 1. The molecule has 0 saturated carbocycles. The molecular weight excluding hydrogens is 368 g/mol. The molecule has 2 rings (SSSR count). The van der Waals surface area contributed by atoms with E-state index in [1.807, 2.05) is 0 Å². The number of rotatable bonds is 5. The highest BCUT2D eigenvalue weighted by Gasteiger charge is 2.34. The first-order valence-electron chi connectivity index (χ1n) is 7.82. The van der Waals surface area contributed by atoms with E-state index in [1.54, 1.807) is 25.1 Å². The van der Waals surface area contributed by atoms with Gasteiger partial charge in [0.25, 0.3) is 0 Å². The number of benzene rings is 2. The van der Waals surface area contributed by atoms with Gasteiger partial charge in [0.1, 0.15) is 17.3 Å². The first kappa shape index (κ1) is 20.3. The van der Waals surface area contributed by atoms with E-state index in [4.69, 9.17) is 9.47 Å². The van der Waals surface area contributed by atoms with Crippen LogP contribution in [0.1, 0.15) is 24.1 Å². The van der Waals surface area contributed by atoms with Crippen LogP contribution < -0.4 is 20.1 Å². The van der Waals surface area contributed by atoms with Crippen LogP contribution in [-0.4, -0.2) is 20.3 Å². The summed E-state index contributed by atoms with van der Waals surface area (Å²) in [7, 11) is 2.96. The fourth-order valence-corrected chi connectivity index (χ4v) is 2.44. The van der Waals surface area contributed by atoms with Gasteiger partial charge in [-0.2, -0.15) is 13.2 Å². The number of hydrogen-bond donors (Lipinski definition) is 2. The van der Waals surface area contributed by atoms with Gasteiger partial charge < -0.3 is 20.1 Å². The molecule has 0 aliphatic rings. The summed E-state index contributed by atoms with van der Waals surface area (Å²) >= 11 is 0. The minimum Gasteiger partial charge on any atom is -0.497 e. The van der Waals surface area contributed by atoms with Crippen LogP contribution in [0.4, 0.5) is 28.0 Å². The molecule has 2 N–H and O–H groups in total. The van der Waals surface area contributed by atoms with Gasteiger partial charge in [0, 0.05) is 11.3 Å². The van der Waals surface area contributed by atoms with Crippen LogP contribution in [0, 0.1) is 5.82 Å². The Kier molecular flexibility index (Phi) is 6.14. The van der Waals surface area contributed by atoms with Crippen molar-refractivity contribution in [3.05, 3.63) is 53.3 Å². The van der Waals surface area contributed by atoms with E-state index in [9.17, 15) is 22.4 Å². The monoisotopic (exact) mass is 386 g/mol. The standard InChI is InChI=1S/C18H18F4N2O3/c1-10(13-9-12(26-2)5-7-16(13)27-3)23-17(25)24-11-4-6-15(19)14(8-11)18(20,21)22/h4-10H,1-3H3,(H2,23,24,25). The van der Waals surface area contributed by atoms with E-state index in [1.165, 1.54) is 14.2 Å². The van der Waals surface area contributed by atoms with Gasteiger partial charge >= 0.3 is 12.2 Å². The molecule has 0 saturated heterocycles. The highest BCUT2D eigenvalue weighted by molar-refractivity contribution is 5.89. The summed E-state index contributed by atoms with van der Waals surface area (Å²) in [6.45, 7) is 1.67. The second-order valence-electron chi connectivity index (χ2n) is 5.62. The summed E-state index contributed by atoms with van der Waals surface area (Å²) in [6, 6.07) is 5.94. The molecule has 0 radical (unpaired) electrons. The normalized spacial score (nSPS) is 12.3. The van der Waals surface area contributed by atoms with Gasteiger partial charge in [0.15, 0.2) is 0 Å². The van der Waals surface area contributed by atoms with Crippen molar-refractivity contribution in [3.63, 3.8) is 0 Å². The van der Waals surface area contributed by atoms with E-state index in [0.717, 1.165) is 6.07 Å². The molecule has 1 atom stereocenters. The Morgan fingerprint density at radius 3 is 2.37 bits per heavy atom. The Labute approximate surface area is 153 Å². The lowest BCUT2D eigenvalue weighted by atomic mass is 10.1. The highest BCUT2D eigenvalue weighted by Crippen LogP contribution is 2.33. The number of halogens is 4. The Morgan fingerprint density at radius 1 is 1.07 bits per heavy atom. The van der Waals surface area contributed by atoms with Crippen LogP contribution in [0.15, 0.2) is 36.4 Å². The largest absolute Gasteiger partial charge is 0.497 e. The third-order valence-electron chi connectivity index (χ3n) is 3.78. The molecule has 2 aromatic carbocycles. The van der Waals surface area contributed by atoms with Crippen molar-refractivity contribution in [1.82, 2.24) is 5.32 Å². The Balaban J connectivity index is 2.14. The van der Waals surface area contributed by atoms with Crippen LogP contribution in [-0.2, 0) is 6.18 Å². The van der Waals surface area contributed by atoms with Crippen molar-refractivity contribution in [1.29, 1.82) is 0 Å². The van der Waals surface area contributed by atoms with E-state index < -0.39 is 29.6 Å². The average molecular weight is 386 g/mol. The number of methoxy groups -OCH3 is 2. The predicted molar refractivity (Wildman–Crippen MR) is 91.5 cm³/mol. The average Bonchev–Trinajstić information content (AvgIpc) is 2.61. The maximum atomic E-state index is 13.3. The molecule has 5 nitrogen and oxygen atoms in total. The lowest BCUT2D eigenvalue weighted by molar-refractivity contribution is -0.139. The van der Waals surface area contributed by atoms with E-state index in [2.05, 4.69) is 10.6 Å². The molecule has 0 aliphatic carbocycles. The Hall–Kier alpha value is -2.97. The molecule has 0 heterocycles. The lowest BCUT2D eigenvalue weighted by Gasteiger charge is -2.19. The van der Waals surface area contributed by atoms with Gasteiger partial charge in [0.2, 0.25) is 0 Å². The number of amides is 2. The Morgan fingerprint density at radius 2 is 1.78 bits per heavy atom. The summed E-state index contributed by atoms with van der Waals surface area (Å²) in [5.41, 5.74) is -1.03. The predicted octanol–water partition coefficient (Wildman–Crippen LogP) is 4.74. The second kappa shape index (κ2) is 8.15. The third-order valence-corrected chi connectivity index (χ3v) is 3.78. The zero-order valence-corrected chi connectivity index (χ0v) is 14.8. The first-order chi connectivity index (χ1) is 12.7. The number of carbonyl (C=O) groups is 1. The molecule has 0 spiro atoms. The molecule has 0 aromatic heterocycles. The van der Waals surface area contributed by atoms with Crippen LogP contribution in [0.5, 0.6) is 11.5 Å². The zero-order chi connectivity index (χ0) is 20.2. The lowest BCUT2D eigenvalue weighted by Crippen LogP contribution is -2.31. The highest BCUT2D eigenvalue weighted by atomic mass is 19.4. The smallest absolute Gasteiger partial charge is 0.419 e. The summed E-state index contributed by atoms with van der Waals surface area (Å²) in [5.74, 6) is -0.360. The molecular formula is C18H18F4N2O3. The molecule has 2 aromatic rings. The number of carbonyl (C=O) groups excluding carboxylic acids is 1. The molecule has 2 amide bonds. The van der Waals surface area contributed by atoms with Crippen molar-refractivity contribution < 1.29 is 31.8 Å². The van der Waals surface area contributed by atoms with Gasteiger partial charge in [-0.25, -0.2) is 9.18 Å². The fraction of sp³-hybridized carbons (Fsp3) is 0.278. The van der Waals surface area contributed by atoms with Crippen molar-refractivity contribution in [2.75, 3.05) is 19.5 Å². The van der Waals surface area contributed by atoms with Crippen molar-refractivity contribution in [3.8, 4) is 11.5 Å². The van der Waals surface area contributed by atoms with Gasteiger partial charge in [-0.15, -0.1) is 0 Å². The van der Waals surface area contributed by atoms with Crippen molar-refractivity contribution in [2.45, 2.75) is 19.1 Å². The third kappa shape index (κ3) is 5.02. The number of alkyl halides is 3. The maximum Gasteiger partial charge on any atom is 0.419 e. The first-order valence-corrected chi connectivity index (χ1v) is 7.82. The van der Waals surface area contributed by atoms with E-state index >= 15 is 0 Å². The Bertz CT molecular complexity index is 825. The van der Waals surface area contributed by atoms with Gasteiger partial charge in [-0.05, 0) is 43.3 Å². The molecule has 0 fully saturated rings. The summed E-state index contributed by atoms with van der Waals surface area (Å²) in [4.78, 5) is 12.1. The molecule has 0 bridgehead atoms. The van der Waals surface area contributed by atoms with E-state index in [-0.39, 0.29) is 5.69 Å². The zero-order valence-electron chi connectivity index (χ0n) is 14.8. The van der Waals surface area contributed by atoms with Crippen LogP contribution in [0.2, 0.25) is 0 Å². The minimum absolute atomic E-state index is 0.189. The molecule has 9 heteroatoms. The molecule has 146 valence electrons. The number of anilines is 1. The van der Waals surface area contributed by atoms with Crippen LogP contribution in [0.25, 0.3) is 0 Å². The fourth-order valence-electron chi connectivity index (χ4n) is 2.44. The van der Waals surface area contributed by atoms with Crippen LogP contribution >= 0.6 is 0 Å². The minimum atomic E-state index is -4.86. The molecule has 1 unspecified atom stereocenters. The maximum absolute atomic E-state index is 13.3. The number of ether oxygens (including phenoxy) is 2. The SMILES string of the molecule is COc1ccc(OC)c(C(C)NC(=O)Nc2ccc(F)c(C(F)(F)F)c2)c1.